The van der Waals surface area contributed by atoms with Crippen molar-refractivity contribution in [2.45, 2.75) is 0 Å². The molecule has 3 saturated heterocycles. The lowest BCUT2D eigenvalue weighted by Gasteiger charge is -2.55. The molecule has 0 amide bonds. The summed E-state index contributed by atoms with van der Waals surface area (Å²) in [4.78, 5) is 16.1. The maximum atomic E-state index is 11.7. The van der Waals surface area contributed by atoms with Gasteiger partial charge in [0.05, 0.1) is 34.3 Å². The van der Waals surface area contributed by atoms with Crippen molar-refractivity contribution in [1.29, 1.82) is 5.26 Å². The molecule has 3 fully saturated rings. The van der Waals surface area contributed by atoms with Crippen LogP contribution in [0.4, 0.5) is 23.0 Å². The highest BCUT2D eigenvalue weighted by atomic mass is 32.2. The van der Waals surface area contributed by atoms with Crippen LogP contribution in [0.2, 0.25) is 0 Å². The Kier molecular flexibility index (Phi) is 5.09. The van der Waals surface area contributed by atoms with Crippen molar-refractivity contribution >= 4 is 43.8 Å². The van der Waals surface area contributed by atoms with E-state index in [1.165, 1.54) is 5.69 Å². The molecule has 2 aromatic carbocycles. The van der Waals surface area contributed by atoms with Crippen LogP contribution in [0.1, 0.15) is 5.56 Å². The Hall–Kier alpha value is -3.42. The number of hydrogen-bond donors (Lipinski definition) is 1. The minimum atomic E-state index is -2.88. The molecule has 1 spiro atoms. The van der Waals surface area contributed by atoms with Crippen molar-refractivity contribution in [3.05, 3.63) is 48.2 Å². The second-order valence-corrected chi connectivity index (χ2v) is 12.2. The second kappa shape index (κ2) is 8.07. The summed E-state index contributed by atoms with van der Waals surface area (Å²) < 4.78 is 23.4. The van der Waals surface area contributed by atoms with Gasteiger partial charge < -0.3 is 20.0 Å². The van der Waals surface area contributed by atoms with Crippen LogP contribution in [0.15, 0.2) is 42.6 Å². The van der Waals surface area contributed by atoms with E-state index in [0.717, 1.165) is 48.5 Å². The zero-order chi connectivity index (χ0) is 24.2. The van der Waals surface area contributed by atoms with Crippen molar-refractivity contribution in [2.75, 3.05) is 72.9 Å². The van der Waals surface area contributed by atoms with Crippen molar-refractivity contribution in [3.63, 3.8) is 0 Å². The molecular formula is C25H27N7O2S. The number of hydrogen-bond acceptors (Lipinski definition) is 9. The number of sulfone groups is 1. The summed E-state index contributed by atoms with van der Waals surface area (Å²) in [7, 11) is -0.734. The van der Waals surface area contributed by atoms with Gasteiger partial charge >= 0.3 is 0 Å². The van der Waals surface area contributed by atoms with E-state index in [0.29, 0.717) is 24.6 Å². The van der Waals surface area contributed by atoms with Crippen LogP contribution in [0, 0.1) is 16.7 Å². The SMILES string of the molecule is CN1CCN(c2ccc(Nc3ncc4cc(C#N)cc(N5CC6(C5)CS(=O)(=O)C6)c4n3)cc2)CC1. The van der Waals surface area contributed by atoms with Gasteiger partial charge in [0.25, 0.3) is 0 Å². The molecule has 6 rings (SSSR count). The first-order valence-electron chi connectivity index (χ1n) is 11.8. The number of nitrogens with zero attached hydrogens (tertiary/aromatic N) is 6. The molecule has 10 heteroatoms. The maximum Gasteiger partial charge on any atom is 0.227 e. The molecule has 3 aliphatic heterocycles. The molecule has 1 N–H and O–H groups in total. The summed E-state index contributed by atoms with van der Waals surface area (Å²) in [6.45, 7) is 5.50. The largest absolute Gasteiger partial charge is 0.369 e. The molecule has 9 nitrogen and oxygen atoms in total. The minimum absolute atomic E-state index is 0.145. The summed E-state index contributed by atoms with van der Waals surface area (Å²) in [6, 6.07) is 14.1. The van der Waals surface area contributed by atoms with Crippen LogP contribution in [0.25, 0.3) is 10.9 Å². The number of rotatable bonds is 4. The van der Waals surface area contributed by atoms with Gasteiger partial charge in [0.2, 0.25) is 5.95 Å². The van der Waals surface area contributed by atoms with E-state index in [1.807, 2.05) is 18.2 Å². The number of nitriles is 1. The van der Waals surface area contributed by atoms with Crippen LogP contribution < -0.4 is 15.1 Å². The lowest BCUT2D eigenvalue weighted by atomic mass is 9.82. The molecule has 3 aromatic rings. The predicted octanol–water partition coefficient (Wildman–Crippen LogP) is 2.23. The van der Waals surface area contributed by atoms with Crippen LogP contribution >= 0.6 is 0 Å². The van der Waals surface area contributed by atoms with Gasteiger partial charge in [-0.25, -0.2) is 18.4 Å². The molecule has 0 radical (unpaired) electrons. The highest BCUT2D eigenvalue weighted by Gasteiger charge is 2.56. The fourth-order valence-electron chi connectivity index (χ4n) is 5.45. The number of benzene rings is 2. The van der Waals surface area contributed by atoms with Gasteiger partial charge in [-0.3, -0.25) is 0 Å². The van der Waals surface area contributed by atoms with E-state index in [9.17, 15) is 13.7 Å². The highest BCUT2D eigenvalue weighted by molar-refractivity contribution is 7.92. The third-order valence-electron chi connectivity index (χ3n) is 7.23. The monoisotopic (exact) mass is 489 g/mol. The molecule has 4 heterocycles. The molecule has 0 unspecified atom stereocenters. The quantitative estimate of drug-likeness (QED) is 0.591. The van der Waals surface area contributed by atoms with E-state index < -0.39 is 9.84 Å². The first-order valence-corrected chi connectivity index (χ1v) is 13.6. The number of fused-ring (bicyclic) bond motifs is 1. The molecule has 0 saturated carbocycles. The summed E-state index contributed by atoms with van der Waals surface area (Å²) in [6.07, 6.45) is 1.73. The summed E-state index contributed by atoms with van der Waals surface area (Å²) in [5, 5.41) is 13.6. The van der Waals surface area contributed by atoms with Gasteiger partial charge in [0.15, 0.2) is 9.84 Å². The Balaban J connectivity index is 1.23. The van der Waals surface area contributed by atoms with Crippen LogP contribution in [0.5, 0.6) is 0 Å². The number of nitrogens with one attached hydrogen (secondary N) is 1. The summed E-state index contributed by atoms with van der Waals surface area (Å²) in [5.74, 6) is 0.980. The average Bonchev–Trinajstić information content (AvgIpc) is 2.81. The predicted molar refractivity (Wildman–Crippen MR) is 137 cm³/mol. The van der Waals surface area contributed by atoms with Gasteiger partial charge in [-0.1, -0.05) is 0 Å². The number of aromatic nitrogens is 2. The smallest absolute Gasteiger partial charge is 0.227 e. The molecule has 1 aromatic heterocycles. The van der Waals surface area contributed by atoms with Crippen molar-refractivity contribution in [1.82, 2.24) is 14.9 Å². The summed E-state index contributed by atoms with van der Waals surface area (Å²) >= 11 is 0. The fourth-order valence-corrected chi connectivity index (χ4v) is 7.60. The van der Waals surface area contributed by atoms with Gasteiger partial charge in [0, 0.05) is 67.6 Å². The number of piperazine rings is 1. The summed E-state index contributed by atoms with van der Waals surface area (Å²) in [5.41, 5.74) is 4.11. The Labute approximate surface area is 204 Å². The van der Waals surface area contributed by atoms with E-state index in [2.05, 4.69) is 50.3 Å². The highest BCUT2D eigenvalue weighted by Crippen LogP contribution is 2.45. The van der Waals surface area contributed by atoms with Crippen LogP contribution in [-0.2, 0) is 9.84 Å². The third-order valence-corrected chi connectivity index (χ3v) is 9.33. The van der Waals surface area contributed by atoms with Gasteiger partial charge in [0.1, 0.15) is 0 Å². The normalized spacial score (nSPS) is 20.8. The van der Waals surface area contributed by atoms with Gasteiger partial charge in [-0.05, 0) is 43.4 Å². The Morgan fingerprint density at radius 1 is 1.03 bits per heavy atom. The third kappa shape index (κ3) is 4.15. The van der Waals surface area contributed by atoms with E-state index in [4.69, 9.17) is 4.98 Å². The second-order valence-electron chi connectivity index (χ2n) is 10.1. The molecule has 3 aliphatic rings. The Morgan fingerprint density at radius 3 is 2.40 bits per heavy atom. The Bertz CT molecular complexity index is 1420. The first-order chi connectivity index (χ1) is 16.8. The molecule has 35 heavy (non-hydrogen) atoms. The molecule has 0 atom stereocenters. The average molecular weight is 490 g/mol. The van der Waals surface area contributed by atoms with E-state index in [-0.39, 0.29) is 16.9 Å². The topological polar surface area (TPSA) is 105 Å². The molecule has 0 bridgehead atoms. The van der Waals surface area contributed by atoms with E-state index >= 15 is 0 Å². The number of likely N-dealkylation sites (N-methyl/N-ethyl adjacent to an activating group) is 1. The van der Waals surface area contributed by atoms with E-state index in [1.54, 1.807) is 12.3 Å². The number of anilines is 4. The van der Waals surface area contributed by atoms with Crippen molar-refractivity contribution in [2.24, 2.45) is 5.41 Å². The van der Waals surface area contributed by atoms with Crippen LogP contribution in [0.3, 0.4) is 0 Å². The fraction of sp³-hybridized carbons (Fsp3) is 0.400. The molecular weight excluding hydrogens is 462 g/mol. The van der Waals surface area contributed by atoms with Gasteiger partial charge in [-0.2, -0.15) is 5.26 Å². The standard InChI is InChI=1S/C25H27N7O2S/c1-30-6-8-31(9-7-30)21-4-2-20(3-5-21)28-24-27-13-19-10-18(12-26)11-22(23(19)29-24)32-14-25(15-32)16-35(33,34)17-25/h2-5,10-11,13H,6-9,14-17H2,1H3,(H,27,28,29). The first kappa shape index (κ1) is 22.1. The van der Waals surface area contributed by atoms with Crippen molar-refractivity contribution < 1.29 is 8.42 Å². The minimum Gasteiger partial charge on any atom is -0.369 e. The zero-order valence-electron chi connectivity index (χ0n) is 19.6. The van der Waals surface area contributed by atoms with Crippen LogP contribution in [-0.4, -0.2) is 81.1 Å². The maximum absolute atomic E-state index is 11.7. The molecule has 180 valence electrons. The van der Waals surface area contributed by atoms with Gasteiger partial charge in [-0.15, -0.1) is 0 Å². The lowest BCUT2D eigenvalue weighted by Crippen LogP contribution is -2.68. The zero-order valence-corrected chi connectivity index (χ0v) is 20.4. The lowest BCUT2D eigenvalue weighted by molar-refractivity contribution is 0.255. The Morgan fingerprint density at radius 2 is 1.74 bits per heavy atom. The molecule has 0 aliphatic carbocycles. The van der Waals surface area contributed by atoms with Crippen molar-refractivity contribution in [3.8, 4) is 6.07 Å².